The molecule has 0 saturated carbocycles. The van der Waals surface area contributed by atoms with Gasteiger partial charge in [-0.25, -0.2) is 4.79 Å². The molecule has 2 rings (SSSR count). The third-order valence-corrected chi connectivity index (χ3v) is 3.51. The maximum Gasteiger partial charge on any atom is 0.418 e. The van der Waals surface area contributed by atoms with Crippen molar-refractivity contribution < 1.29 is 19.1 Å². The molecule has 1 aromatic heterocycles. The maximum atomic E-state index is 12.4. The van der Waals surface area contributed by atoms with E-state index in [9.17, 15) is 9.59 Å². The summed E-state index contributed by atoms with van der Waals surface area (Å²) in [5.41, 5.74) is 3.13. The average molecular weight is 315 g/mol. The number of esters is 1. The van der Waals surface area contributed by atoms with E-state index in [2.05, 4.69) is 0 Å². The van der Waals surface area contributed by atoms with Crippen molar-refractivity contribution in [2.45, 2.75) is 33.8 Å². The van der Waals surface area contributed by atoms with Crippen molar-refractivity contribution in [1.82, 2.24) is 4.57 Å². The summed E-state index contributed by atoms with van der Waals surface area (Å²) in [4.78, 5) is 24.1. The van der Waals surface area contributed by atoms with Crippen LogP contribution in [0.2, 0.25) is 0 Å². The second-order valence-corrected chi connectivity index (χ2v) is 5.27. The summed E-state index contributed by atoms with van der Waals surface area (Å²) in [5, 5.41) is 0. The SMILES string of the molecule is CCOC(=O)Cc1c(C)cc(C)n1C(=O)OCc1ccccc1. The molecule has 0 amide bonds. The Hall–Kier alpha value is -2.56. The molecule has 0 unspecified atom stereocenters. The number of carbonyl (C=O) groups excluding carboxylic acids is 2. The Morgan fingerprint density at radius 3 is 2.43 bits per heavy atom. The van der Waals surface area contributed by atoms with Gasteiger partial charge in [0.1, 0.15) is 6.61 Å². The van der Waals surface area contributed by atoms with Crippen LogP contribution in [0, 0.1) is 13.8 Å². The molecule has 2 aromatic rings. The molecule has 0 bridgehead atoms. The number of hydrogen-bond donors (Lipinski definition) is 0. The number of benzene rings is 1. The summed E-state index contributed by atoms with van der Waals surface area (Å²) in [6.07, 6.45) is -0.438. The molecule has 5 nitrogen and oxygen atoms in total. The minimum absolute atomic E-state index is 0.0496. The zero-order valence-electron chi connectivity index (χ0n) is 13.7. The van der Waals surface area contributed by atoms with Crippen LogP contribution in [0.1, 0.15) is 29.4 Å². The van der Waals surface area contributed by atoms with Crippen molar-refractivity contribution in [3.8, 4) is 0 Å². The topological polar surface area (TPSA) is 57.5 Å². The van der Waals surface area contributed by atoms with Gasteiger partial charge < -0.3 is 9.47 Å². The lowest BCUT2D eigenvalue weighted by molar-refractivity contribution is -0.142. The lowest BCUT2D eigenvalue weighted by Crippen LogP contribution is -2.20. The number of aromatic nitrogens is 1. The van der Waals surface area contributed by atoms with Gasteiger partial charge in [-0.3, -0.25) is 9.36 Å². The Morgan fingerprint density at radius 1 is 1.09 bits per heavy atom. The van der Waals surface area contributed by atoms with Crippen molar-refractivity contribution in [2.75, 3.05) is 6.61 Å². The Morgan fingerprint density at radius 2 is 1.78 bits per heavy atom. The molecular formula is C18H21NO4. The van der Waals surface area contributed by atoms with E-state index in [-0.39, 0.29) is 19.0 Å². The molecule has 1 aromatic carbocycles. The molecule has 0 saturated heterocycles. The zero-order valence-corrected chi connectivity index (χ0v) is 13.7. The van der Waals surface area contributed by atoms with Gasteiger partial charge in [-0.2, -0.15) is 0 Å². The number of ether oxygens (including phenoxy) is 2. The fourth-order valence-electron chi connectivity index (χ4n) is 2.46. The second-order valence-electron chi connectivity index (χ2n) is 5.27. The van der Waals surface area contributed by atoms with Gasteiger partial charge in [0.2, 0.25) is 0 Å². The van der Waals surface area contributed by atoms with Crippen LogP contribution in [-0.4, -0.2) is 23.2 Å². The predicted molar refractivity (Wildman–Crippen MR) is 86.3 cm³/mol. The van der Waals surface area contributed by atoms with E-state index in [0.717, 1.165) is 16.8 Å². The van der Waals surface area contributed by atoms with E-state index in [4.69, 9.17) is 9.47 Å². The number of rotatable bonds is 5. The highest BCUT2D eigenvalue weighted by Crippen LogP contribution is 2.17. The highest BCUT2D eigenvalue weighted by atomic mass is 16.5. The van der Waals surface area contributed by atoms with Crippen molar-refractivity contribution in [3.63, 3.8) is 0 Å². The Bertz CT molecular complexity index is 689. The molecule has 1 heterocycles. The van der Waals surface area contributed by atoms with Gasteiger partial charge in [-0.05, 0) is 38.0 Å². The van der Waals surface area contributed by atoms with Gasteiger partial charge in [-0.15, -0.1) is 0 Å². The molecule has 122 valence electrons. The predicted octanol–water partition coefficient (Wildman–Crippen LogP) is 3.40. The molecule has 0 atom stereocenters. The van der Waals surface area contributed by atoms with Crippen LogP contribution in [0.3, 0.4) is 0 Å². The van der Waals surface area contributed by atoms with Crippen molar-refractivity contribution in [1.29, 1.82) is 0 Å². The second kappa shape index (κ2) is 7.63. The zero-order chi connectivity index (χ0) is 16.8. The third kappa shape index (κ3) is 4.22. The van der Waals surface area contributed by atoms with E-state index < -0.39 is 6.09 Å². The molecule has 0 radical (unpaired) electrons. The molecule has 0 aliphatic rings. The highest BCUT2D eigenvalue weighted by molar-refractivity contribution is 5.78. The summed E-state index contributed by atoms with van der Waals surface area (Å²) in [6.45, 7) is 5.93. The van der Waals surface area contributed by atoms with Crippen LogP contribution < -0.4 is 0 Å². The van der Waals surface area contributed by atoms with E-state index in [1.54, 1.807) is 6.92 Å². The summed E-state index contributed by atoms with van der Waals surface area (Å²) in [5.74, 6) is -0.356. The van der Waals surface area contributed by atoms with Gasteiger partial charge in [0.05, 0.1) is 13.0 Å². The lowest BCUT2D eigenvalue weighted by atomic mass is 10.2. The molecular weight excluding hydrogens is 294 g/mol. The molecule has 5 heteroatoms. The fraction of sp³-hybridized carbons (Fsp3) is 0.333. The minimum Gasteiger partial charge on any atom is -0.466 e. The first-order chi connectivity index (χ1) is 11.0. The van der Waals surface area contributed by atoms with Crippen LogP contribution in [0.4, 0.5) is 4.79 Å². The molecule has 0 spiro atoms. The average Bonchev–Trinajstić information content (AvgIpc) is 2.80. The van der Waals surface area contributed by atoms with Gasteiger partial charge in [0, 0.05) is 11.4 Å². The monoisotopic (exact) mass is 315 g/mol. The maximum absolute atomic E-state index is 12.4. The number of hydrogen-bond acceptors (Lipinski definition) is 4. The summed E-state index contributed by atoms with van der Waals surface area (Å²) in [6, 6.07) is 11.3. The van der Waals surface area contributed by atoms with Crippen molar-refractivity contribution >= 4 is 12.1 Å². The minimum atomic E-state index is -0.487. The van der Waals surface area contributed by atoms with Gasteiger partial charge in [0.15, 0.2) is 0 Å². The third-order valence-electron chi connectivity index (χ3n) is 3.51. The first kappa shape index (κ1) is 16.8. The summed E-state index contributed by atoms with van der Waals surface area (Å²) < 4.78 is 11.8. The Balaban J connectivity index is 2.14. The smallest absolute Gasteiger partial charge is 0.418 e. The highest BCUT2D eigenvalue weighted by Gasteiger charge is 2.20. The normalized spacial score (nSPS) is 10.4. The summed E-state index contributed by atoms with van der Waals surface area (Å²) in [7, 11) is 0. The fourth-order valence-corrected chi connectivity index (χ4v) is 2.46. The molecule has 0 N–H and O–H groups in total. The van der Waals surface area contributed by atoms with Crippen LogP contribution >= 0.6 is 0 Å². The molecule has 0 fully saturated rings. The van der Waals surface area contributed by atoms with Crippen LogP contribution in [0.5, 0.6) is 0 Å². The van der Waals surface area contributed by atoms with Gasteiger partial charge in [-0.1, -0.05) is 30.3 Å². The van der Waals surface area contributed by atoms with E-state index in [0.29, 0.717) is 12.3 Å². The van der Waals surface area contributed by atoms with E-state index >= 15 is 0 Å². The standard InChI is InChI=1S/C18H21NO4/c1-4-22-17(20)11-16-13(2)10-14(3)19(16)18(21)23-12-15-8-6-5-7-9-15/h5-10H,4,11-12H2,1-3H3. The van der Waals surface area contributed by atoms with Crippen LogP contribution in [0.25, 0.3) is 0 Å². The van der Waals surface area contributed by atoms with Gasteiger partial charge in [0.25, 0.3) is 0 Å². The van der Waals surface area contributed by atoms with E-state index in [1.807, 2.05) is 50.2 Å². The number of aryl methyl sites for hydroxylation is 2. The largest absolute Gasteiger partial charge is 0.466 e. The van der Waals surface area contributed by atoms with Crippen LogP contribution in [0.15, 0.2) is 36.4 Å². The first-order valence-corrected chi connectivity index (χ1v) is 7.57. The Labute approximate surface area is 135 Å². The molecule has 0 aliphatic carbocycles. The van der Waals surface area contributed by atoms with E-state index in [1.165, 1.54) is 4.57 Å². The van der Waals surface area contributed by atoms with Crippen LogP contribution in [-0.2, 0) is 27.3 Å². The van der Waals surface area contributed by atoms with Crippen molar-refractivity contribution in [3.05, 3.63) is 58.9 Å². The quantitative estimate of drug-likeness (QED) is 0.794. The number of nitrogens with zero attached hydrogens (tertiary/aromatic N) is 1. The molecule has 0 aliphatic heterocycles. The summed E-state index contributed by atoms with van der Waals surface area (Å²) >= 11 is 0. The molecule has 23 heavy (non-hydrogen) atoms. The number of carbonyl (C=O) groups is 2. The van der Waals surface area contributed by atoms with Gasteiger partial charge >= 0.3 is 12.1 Å². The Kier molecular flexibility index (Phi) is 5.57. The van der Waals surface area contributed by atoms with Crippen molar-refractivity contribution in [2.24, 2.45) is 0 Å². The first-order valence-electron chi connectivity index (χ1n) is 7.57. The lowest BCUT2D eigenvalue weighted by Gasteiger charge is -2.11.